The van der Waals surface area contributed by atoms with Gasteiger partial charge in [-0.2, -0.15) is 0 Å². The Morgan fingerprint density at radius 2 is 2.35 bits per heavy atom. The summed E-state index contributed by atoms with van der Waals surface area (Å²) in [7, 11) is 0. The molecule has 1 heterocycles. The summed E-state index contributed by atoms with van der Waals surface area (Å²) < 4.78 is 4.50. The van der Waals surface area contributed by atoms with Crippen molar-refractivity contribution in [3.63, 3.8) is 0 Å². The monoisotopic (exact) mass is 236 g/mol. The Labute approximate surface area is 98.2 Å². The lowest BCUT2D eigenvalue weighted by Gasteiger charge is -2.17. The third-order valence-electron chi connectivity index (χ3n) is 2.00. The van der Waals surface area contributed by atoms with Crippen LogP contribution in [0.25, 0.3) is 0 Å². The Morgan fingerprint density at radius 1 is 1.65 bits per heavy atom. The number of carbonyl (C=O) groups excluding carboxylic acids is 1. The van der Waals surface area contributed by atoms with Crippen molar-refractivity contribution in [1.29, 1.82) is 0 Å². The molecule has 6 heteroatoms. The fourth-order valence-corrected chi connectivity index (χ4v) is 1.27. The molecule has 0 aromatic carbocycles. The molecule has 1 N–H and O–H groups in total. The molecule has 17 heavy (non-hydrogen) atoms. The molecule has 1 amide bonds. The fourth-order valence-electron chi connectivity index (χ4n) is 1.27. The van der Waals surface area contributed by atoms with Crippen molar-refractivity contribution in [2.24, 2.45) is 0 Å². The lowest BCUT2D eigenvalue weighted by molar-refractivity contribution is 0.0649. The molecular formula is C11H12N2O4. The molecule has 0 unspecified atom stereocenters. The molecule has 0 saturated carbocycles. The lowest BCUT2D eigenvalue weighted by atomic mass is 10.3. The molecule has 1 aromatic rings. The topological polar surface area (TPSA) is 83.6 Å². The molecule has 0 fully saturated rings. The predicted octanol–water partition coefficient (Wildman–Crippen LogP) is 0.858. The van der Waals surface area contributed by atoms with Crippen LogP contribution in [0.15, 0.2) is 10.6 Å². The van der Waals surface area contributed by atoms with Gasteiger partial charge in [-0.3, -0.25) is 4.79 Å². The number of terminal acetylenes is 1. The maximum atomic E-state index is 11.9. The number of rotatable bonds is 5. The first-order valence-corrected chi connectivity index (χ1v) is 5.02. The minimum Gasteiger partial charge on any atom is -0.475 e. The maximum absolute atomic E-state index is 11.9. The molecular weight excluding hydrogens is 224 g/mol. The number of carboxylic acids is 1. The van der Waals surface area contributed by atoms with E-state index >= 15 is 0 Å². The average Bonchev–Trinajstić information content (AvgIpc) is 2.77. The number of aromatic nitrogens is 1. The number of carbonyl (C=O) groups is 2. The molecule has 0 aliphatic rings. The van der Waals surface area contributed by atoms with Crippen molar-refractivity contribution in [2.75, 3.05) is 13.1 Å². The van der Waals surface area contributed by atoms with E-state index in [2.05, 4.69) is 15.6 Å². The van der Waals surface area contributed by atoms with Gasteiger partial charge in [-0.25, -0.2) is 4.79 Å². The summed E-state index contributed by atoms with van der Waals surface area (Å²) >= 11 is 0. The van der Waals surface area contributed by atoms with Gasteiger partial charge >= 0.3 is 5.97 Å². The molecule has 0 saturated heterocycles. The van der Waals surface area contributed by atoms with Crippen LogP contribution >= 0.6 is 0 Å². The molecule has 0 radical (unpaired) electrons. The highest BCUT2D eigenvalue weighted by Gasteiger charge is 2.20. The minimum absolute atomic E-state index is 0.0499. The Hall–Kier alpha value is -2.29. The highest BCUT2D eigenvalue weighted by Crippen LogP contribution is 2.07. The molecule has 0 bridgehead atoms. The van der Waals surface area contributed by atoms with Gasteiger partial charge in [-0.1, -0.05) is 18.0 Å². The number of hydrogen-bond donors (Lipinski definition) is 1. The van der Waals surface area contributed by atoms with E-state index in [0.29, 0.717) is 6.54 Å². The molecule has 0 aliphatic heterocycles. The predicted molar refractivity (Wildman–Crippen MR) is 58.5 cm³/mol. The first-order chi connectivity index (χ1) is 8.10. The smallest absolute Gasteiger partial charge is 0.374 e. The van der Waals surface area contributed by atoms with Gasteiger partial charge < -0.3 is 14.5 Å². The number of carboxylic acid groups (broad SMARTS) is 1. The summed E-state index contributed by atoms with van der Waals surface area (Å²) in [6.07, 6.45) is 5.89. The Morgan fingerprint density at radius 3 is 2.82 bits per heavy atom. The van der Waals surface area contributed by atoms with Gasteiger partial charge in [0, 0.05) is 12.6 Å². The molecule has 1 rings (SSSR count). The van der Waals surface area contributed by atoms with Crippen molar-refractivity contribution in [3.05, 3.63) is 17.5 Å². The number of nitrogens with zero attached hydrogens (tertiary/aromatic N) is 2. The standard InChI is InChI=1S/C11H12N2O4/c1-3-5-13(6-4-2)10(14)8-7-9(11(15)16)17-12-8/h1,7H,4-6H2,2H3,(H,15,16). The second-order valence-electron chi connectivity index (χ2n) is 3.31. The number of amides is 1. The van der Waals surface area contributed by atoms with Crippen LogP contribution in [-0.4, -0.2) is 40.1 Å². The summed E-state index contributed by atoms with van der Waals surface area (Å²) in [6, 6.07) is 1.09. The molecule has 0 atom stereocenters. The summed E-state index contributed by atoms with van der Waals surface area (Å²) in [4.78, 5) is 23.8. The van der Waals surface area contributed by atoms with Gasteiger partial charge in [0.2, 0.25) is 5.76 Å². The van der Waals surface area contributed by atoms with Crippen LogP contribution in [0.4, 0.5) is 0 Å². The van der Waals surface area contributed by atoms with Crippen LogP contribution in [0.3, 0.4) is 0 Å². The van der Waals surface area contributed by atoms with Crippen molar-refractivity contribution in [3.8, 4) is 12.3 Å². The second-order valence-corrected chi connectivity index (χ2v) is 3.31. The second kappa shape index (κ2) is 5.70. The highest BCUT2D eigenvalue weighted by molar-refractivity contribution is 5.94. The molecule has 90 valence electrons. The number of aromatic carboxylic acids is 1. The molecule has 0 spiro atoms. The third kappa shape index (κ3) is 3.08. The Bertz CT molecular complexity index is 458. The zero-order valence-electron chi connectivity index (χ0n) is 9.34. The van der Waals surface area contributed by atoms with Crippen molar-refractivity contribution in [1.82, 2.24) is 10.1 Å². The summed E-state index contributed by atoms with van der Waals surface area (Å²) in [5.41, 5.74) is -0.0499. The Kier molecular flexibility index (Phi) is 4.29. The quantitative estimate of drug-likeness (QED) is 0.766. The van der Waals surface area contributed by atoms with Gasteiger partial charge in [0.1, 0.15) is 0 Å². The zero-order valence-corrected chi connectivity index (χ0v) is 9.34. The van der Waals surface area contributed by atoms with Crippen molar-refractivity contribution >= 4 is 11.9 Å². The summed E-state index contributed by atoms with van der Waals surface area (Å²) in [5, 5.41) is 12.0. The van der Waals surface area contributed by atoms with Crippen LogP contribution in [0, 0.1) is 12.3 Å². The van der Waals surface area contributed by atoms with Gasteiger partial charge in [0.25, 0.3) is 5.91 Å². The molecule has 0 aliphatic carbocycles. The van der Waals surface area contributed by atoms with E-state index in [1.807, 2.05) is 6.92 Å². The fraction of sp³-hybridized carbons (Fsp3) is 0.364. The third-order valence-corrected chi connectivity index (χ3v) is 2.00. The normalized spacial score (nSPS) is 9.65. The van der Waals surface area contributed by atoms with E-state index in [0.717, 1.165) is 12.5 Å². The molecule has 1 aromatic heterocycles. The van der Waals surface area contributed by atoms with E-state index < -0.39 is 11.9 Å². The van der Waals surface area contributed by atoms with Crippen LogP contribution in [0.5, 0.6) is 0 Å². The van der Waals surface area contributed by atoms with Crippen LogP contribution in [-0.2, 0) is 0 Å². The first kappa shape index (κ1) is 12.8. The van der Waals surface area contributed by atoms with E-state index in [1.54, 1.807) is 0 Å². The van der Waals surface area contributed by atoms with Crippen LogP contribution in [0.2, 0.25) is 0 Å². The SMILES string of the molecule is C#CCN(CCC)C(=O)c1cc(C(=O)O)on1. The van der Waals surface area contributed by atoms with E-state index in [4.69, 9.17) is 11.5 Å². The summed E-state index contributed by atoms with van der Waals surface area (Å²) in [6.45, 7) is 2.54. The minimum atomic E-state index is -1.27. The zero-order chi connectivity index (χ0) is 12.8. The largest absolute Gasteiger partial charge is 0.475 e. The number of hydrogen-bond acceptors (Lipinski definition) is 4. The van der Waals surface area contributed by atoms with Crippen molar-refractivity contribution < 1.29 is 19.2 Å². The maximum Gasteiger partial charge on any atom is 0.374 e. The van der Waals surface area contributed by atoms with E-state index in [1.165, 1.54) is 4.90 Å². The van der Waals surface area contributed by atoms with Gasteiger partial charge in [0.15, 0.2) is 5.69 Å². The van der Waals surface area contributed by atoms with Gasteiger partial charge in [-0.15, -0.1) is 6.42 Å². The van der Waals surface area contributed by atoms with Gasteiger partial charge in [0.05, 0.1) is 6.54 Å². The first-order valence-electron chi connectivity index (χ1n) is 5.02. The van der Waals surface area contributed by atoms with Gasteiger partial charge in [-0.05, 0) is 6.42 Å². The highest BCUT2D eigenvalue weighted by atomic mass is 16.5. The summed E-state index contributed by atoms with van der Waals surface area (Å²) in [5.74, 6) is 0.296. The lowest BCUT2D eigenvalue weighted by Crippen LogP contribution is -2.32. The van der Waals surface area contributed by atoms with Crippen LogP contribution < -0.4 is 0 Å². The van der Waals surface area contributed by atoms with Crippen molar-refractivity contribution in [2.45, 2.75) is 13.3 Å². The average molecular weight is 236 g/mol. The van der Waals surface area contributed by atoms with E-state index in [9.17, 15) is 9.59 Å². The Balaban J connectivity index is 2.85. The van der Waals surface area contributed by atoms with E-state index in [-0.39, 0.29) is 18.0 Å². The van der Waals surface area contributed by atoms with Crippen LogP contribution in [0.1, 0.15) is 34.4 Å². The molecule has 6 nitrogen and oxygen atoms in total.